The van der Waals surface area contributed by atoms with Crippen molar-refractivity contribution in [3.05, 3.63) is 32.4 Å². The first-order valence-corrected chi connectivity index (χ1v) is 8.05. The van der Waals surface area contributed by atoms with Crippen LogP contribution in [-0.2, 0) is 0 Å². The monoisotopic (exact) mass is 421 g/mol. The molecule has 1 aromatic carbocycles. The van der Waals surface area contributed by atoms with E-state index in [1.54, 1.807) is 17.0 Å². The minimum absolute atomic E-state index is 0.0246. The Bertz CT molecular complexity index is 584. The normalized spacial score (nSPS) is 18.6. The van der Waals surface area contributed by atoms with Crippen molar-refractivity contribution in [1.29, 1.82) is 0 Å². The average Bonchev–Trinajstić information content (AvgIpc) is 2.49. The fourth-order valence-corrected chi connectivity index (χ4v) is 3.15. The van der Waals surface area contributed by atoms with Crippen molar-refractivity contribution in [2.45, 2.75) is 19.8 Å². The van der Waals surface area contributed by atoms with E-state index in [1.165, 1.54) is 0 Å². The van der Waals surface area contributed by atoms with Gasteiger partial charge in [-0.25, -0.2) is 0 Å². The molecule has 0 aliphatic carbocycles. The van der Waals surface area contributed by atoms with Crippen LogP contribution in [0, 0.1) is 8.99 Å². The standard InChI is InChI=1S/C14H17ClIN3O2/c1-14(13(17)18-21)4-6-19(7-5-14)12(20)10-8-9(15)2-3-11(10)16/h2-3,8,21H,4-7H2,1H3,(H2,17,18). The highest BCUT2D eigenvalue weighted by Crippen LogP contribution is 2.32. The molecule has 1 aliphatic heterocycles. The van der Waals surface area contributed by atoms with E-state index in [1.807, 2.05) is 13.0 Å². The fourth-order valence-electron chi connectivity index (χ4n) is 2.41. The molecule has 1 fully saturated rings. The lowest BCUT2D eigenvalue weighted by Crippen LogP contribution is -2.47. The number of hydrogen-bond donors (Lipinski definition) is 2. The van der Waals surface area contributed by atoms with E-state index in [9.17, 15) is 4.79 Å². The number of nitrogens with two attached hydrogens (primary N) is 1. The number of benzene rings is 1. The second-order valence-corrected chi connectivity index (χ2v) is 7.06. The first-order valence-electron chi connectivity index (χ1n) is 6.60. The number of likely N-dealkylation sites (tertiary alicyclic amines) is 1. The number of carbonyl (C=O) groups is 1. The number of amides is 1. The maximum Gasteiger partial charge on any atom is 0.254 e. The van der Waals surface area contributed by atoms with Gasteiger partial charge < -0.3 is 15.8 Å². The number of hydrogen-bond acceptors (Lipinski definition) is 3. The molecule has 21 heavy (non-hydrogen) atoms. The number of piperidine rings is 1. The summed E-state index contributed by atoms with van der Waals surface area (Å²) in [4.78, 5) is 14.4. The van der Waals surface area contributed by atoms with Crippen LogP contribution in [0.5, 0.6) is 0 Å². The van der Waals surface area contributed by atoms with E-state index in [2.05, 4.69) is 27.7 Å². The highest BCUT2D eigenvalue weighted by molar-refractivity contribution is 14.1. The second-order valence-electron chi connectivity index (χ2n) is 5.46. The Morgan fingerprint density at radius 2 is 2.10 bits per heavy atom. The fraction of sp³-hybridized carbons (Fsp3) is 0.429. The first kappa shape index (κ1) is 16.4. The van der Waals surface area contributed by atoms with E-state index < -0.39 is 0 Å². The SMILES string of the molecule is CC1(/C(N)=N/O)CCN(C(=O)c2cc(Cl)ccc2I)CC1. The molecule has 0 radical (unpaired) electrons. The second kappa shape index (κ2) is 6.39. The Labute approximate surface area is 142 Å². The number of rotatable bonds is 2. The maximum absolute atomic E-state index is 12.6. The molecule has 1 heterocycles. The van der Waals surface area contributed by atoms with Gasteiger partial charge in [0, 0.05) is 27.1 Å². The molecule has 0 atom stereocenters. The minimum Gasteiger partial charge on any atom is -0.409 e. The summed E-state index contributed by atoms with van der Waals surface area (Å²) in [6.45, 7) is 3.11. The van der Waals surface area contributed by atoms with Gasteiger partial charge in [-0.2, -0.15) is 0 Å². The van der Waals surface area contributed by atoms with Crippen LogP contribution in [0.2, 0.25) is 5.02 Å². The average molecular weight is 422 g/mol. The summed E-state index contributed by atoms with van der Waals surface area (Å²) in [7, 11) is 0. The van der Waals surface area contributed by atoms with Gasteiger partial charge in [-0.3, -0.25) is 4.79 Å². The van der Waals surface area contributed by atoms with Gasteiger partial charge in [0.05, 0.1) is 5.56 Å². The van der Waals surface area contributed by atoms with Gasteiger partial charge in [0.25, 0.3) is 5.91 Å². The Morgan fingerprint density at radius 1 is 1.48 bits per heavy atom. The summed E-state index contributed by atoms with van der Waals surface area (Å²) in [5, 5.41) is 12.5. The van der Waals surface area contributed by atoms with E-state index in [4.69, 9.17) is 22.5 Å². The molecular weight excluding hydrogens is 405 g/mol. The van der Waals surface area contributed by atoms with Crippen LogP contribution < -0.4 is 5.73 Å². The van der Waals surface area contributed by atoms with Gasteiger partial charge >= 0.3 is 0 Å². The number of halogens is 2. The molecule has 0 saturated carbocycles. The molecule has 2 rings (SSSR count). The van der Waals surface area contributed by atoms with E-state index >= 15 is 0 Å². The van der Waals surface area contributed by atoms with Gasteiger partial charge in [-0.15, -0.1) is 0 Å². The Balaban J connectivity index is 2.12. The lowest BCUT2D eigenvalue weighted by atomic mass is 9.79. The molecule has 7 heteroatoms. The van der Waals surface area contributed by atoms with Crippen LogP contribution in [0.1, 0.15) is 30.1 Å². The molecule has 0 bridgehead atoms. The van der Waals surface area contributed by atoms with Gasteiger partial charge in [0.1, 0.15) is 5.84 Å². The molecule has 0 spiro atoms. The van der Waals surface area contributed by atoms with Crippen molar-refractivity contribution in [2.24, 2.45) is 16.3 Å². The van der Waals surface area contributed by atoms with Crippen LogP contribution in [0.25, 0.3) is 0 Å². The molecule has 1 aliphatic rings. The largest absolute Gasteiger partial charge is 0.409 e. The van der Waals surface area contributed by atoms with Gasteiger partial charge in [-0.05, 0) is 53.6 Å². The van der Waals surface area contributed by atoms with E-state index in [0.29, 0.717) is 36.5 Å². The third kappa shape index (κ3) is 3.42. The zero-order valence-electron chi connectivity index (χ0n) is 11.6. The minimum atomic E-state index is -0.354. The van der Waals surface area contributed by atoms with Crippen LogP contribution in [0.4, 0.5) is 0 Å². The van der Waals surface area contributed by atoms with Crippen molar-refractivity contribution in [3.63, 3.8) is 0 Å². The lowest BCUT2D eigenvalue weighted by Gasteiger charge is -2.38. The third-order valence-electron chi connectivity index (χ3n) is 4.04. The molecule has 1 aromatic rings. The predicted octanol–water partition coefficient (Wildman–Crippen LogP) is 2.93. The summed E-state index contributed by atoms with van der Waals surface area (Å²) in [5.74, 6) is 0.204. The summed E-state index contributed by atoms with van der Waals surface area (Å²) in [6.07, 6.45) is 1.34. The van der Waals surface area contributed by atoms with Gasteiger partial charge in [-0.1, -0.05) is 23.7 Å². The molecule has 5 nitrogen and oxygen atoms in total. The van der Waals surface area contributed by atoms with Crippen LogP contribution in [-0.4, -0.2) is 34.9 Å². The molecule has 1 amide bonds. The number of nitrogens with zero attached hydrogens (tertiary/aromatic N) is 2. The smallest absolute Gasteiger partial charge is 0.254 e. The molecule has 3 N–H and O–H groups in total. The maximum atomic E-state index is 12.6. The first-order chi connectivity index (χ1) is 9.87. The topological polar surface area (TPSA) is 78.9 Å². The summed E-state index contributed by atoms with van der Waals surface area (Å²) in [5.41, 5.74) is 6.00. The van der Waals surface area contributed by atoms with Crippen molar-refractivity contribution in [3.8, 4) is 0 Å². The summed E-state index contributed by atoms with van der Waals surface area (Å²) in [6, 6.07) is 5.30. The number of oxime groups is 1. The van der Waals surface area contributed by atoms with E-state index in [-0.39, 0.29) is 17.2 Å². The van der Waals surface area contributed by atoms with Gasteiger partial charge in [0.15, 0.2) is 0 Å². The highest BCUT2D eigenvalue weighted by Gasteiger charge is 2.36. The quantitative estimate of drug-likeness (QED) is 0.253. The summed E-state index contributed by atoms with van der Waals surface area (Å²) >= 11 is 8.10. The molecule has 0 aromatic heterocycles. The summed E-state index contributed by atoms with van der Waals surface area (Å²) < 4.78 is 0.881. The van der Waals surface area contributed by atoms with Crippen molar-refractivity contribution in [1.82, 2.24) is 4.90 Å². The van der Waals surface area contributed by atoms with Crippen molar-refractivity contribution in [2.75, 3.05) is 13.1 Å². The zero-order valence-corrected chi connectivity index (χ0v) is 14.6. The zero-order chi connectivity index (χ0) is 15.6. The third-order valence-corrected chi connectivity index (χ3v) is 5.21. The highest BCUT2D eigenvalue weighted by atomic mass is 127. The number of amidine groups is 1. The van der Waals surface area contributed by atoms with Crippen molar-refractivity contribution < 1.29 is 10.0 Å². The van der Waals surface area contributed by atoms with Gasteiger partial charge in [0.2, 0.25) is 0 Å². The Morgan fingerprint density at radius 3 is 2.67 bits per heavy atom. The number of carbonyl (C=O) groups excluding carboxylic acids is 1. The van der Waals surface area contributed by atoms with Crippen LogP contribution >= 0.6 is 34.2 Å². The van der Waals surface area contributed by atoms with E-state index in [0.717, 1.165) is 3.57 Å². The molecular formula is C14H17ClIN3O2. The molecule has 0 unspecified atom stereocenters. The predicted molar refractivity (Wildman–Crippen MR) is 90.8 cm³/mol. The van der Waals surface area contributed by atoms with Crippen LogP contribution in [0.15, 0.2) is 23.4 Å². The van der Waals surface area contributed by atoms with Crippen LogP contribution in [0.3, 0.4) is 0 Å². The van der Waals surface area contributed by atoms with Crippen molar-refractivity contribution >= 4 is 45.9 Å². The molecule has 114 valence electrons. The lowest BCUT2D eigenvalue weighted by molar-refractivity contribution is 0.0665. The Kier molecular flexibility index (Phi) is 4.98. The Hall–Kier alpha value is -1.02. The molecule has 1 saturated heterocycles.